The normalized spacial score (nSPS) is 14.9. The van der Waals surface area contributed by atoms with Crippen molar-refractivity contribution < 1.29 is 9.84 Å². The second-order valence-corrected chi connectivity index (χ2v) is 3.50. The molecule has 0 aliphatic carbocycles. The molecular formula is C12H18O2. The number of aliphatic hydroxyl groups is 1. The van der Waals surface area contributed by atoms with Crippen molar-refractivity contribution in [2.75, 3.05) is 6.61 Å². The van der Waals surface area contributed by atoms with Crippen LogP contribution in [0.15, 0.2) is 24.3 Å². The van der Waals surface area contributed by atoms with E-state index < -0.39 is 0 Å². The highest BCUT2D eigenvalue weighted by atomic mass is 16.5. The molecule has 1 rings (SSSR count). The SMILES string of the molecule is CCOc1ccccc1C(C)C(C)O. The molecule has 0 radical (unpaired) electrons. The molecule has 0 aromatic heterocycles. The van der Waals surface area contributed by atoms with Gasteiger partial charge in [-0.25, -0.2) is 0 Å². The summed E-state index contributed by atoms with van der Waals surface area (Å²) in [4.78, 5) is 0. The van der Waals surface area contributed by atoms with E-state index in [1.807, 2.05) is 38.1 Å². The summed E-state index contributed by atoms with van der Waals surface area (Å²) in [6.07, 6.45) is -0.350. The zero-order chi connectivity index (χ0) is 10.6. The van der Waals surface area contributed by atoms with E-state index in [1.165, 1.54) is 0 Å². The molecule has 78 valence electrons. The van der Waals surface area contributed by atoms with Crippen molar-refractivity contribution in [1.29, 1.82) is 0 Å². The van der Waals surface area contributed by atoms with Crippen molar-refractivity contribution in [1.82, 2.24) is 0 Å². The van der Waals surface area contributed by atoms with E-state index in [1.54, 1.807) is 6.92 Å². The van der Waals surface area contributed by atoms with Gasteiger partial charge < -0.3 is 9.84 Å². The molecule has 2 nitrogen and oxygen atoms in total. The average molecular weight is 194 g/mol. The van der Waals surface area contributed by atoms with Gasteiger partial charge in [0.05, 0.1) is 12.7 Å². The van der Waals surface area contributed by atoms with Crippen LogP contribution in [0.2, 0.25) is 0 Å². The molecule has 1 N–H and O–H groups in total. The predicted molar refractivity (Wildman–Crippen MR) is 57.7 cm³/mol. The number of rotatable bonds is 4. The molecule has 0 aliphatic rings. The highest BCUT2D eigenvalue weighted by Crippen LogP contribution is 2.28. The Morgan fingerprint density at radius 3 is 2.50 bits per heavy atom. The lowest BCUT2D eigenvalue weighted by molar-refractivity contribution is 0.167. The molecule has 0 aliphatic heterocycles. The van der Waals surface area contributed by atoms with Crippen LogP contribution in [0, 0.1) is 0 Å². The molecule has 0 spiro atoms. The van der Waals surface area contributed by atoms with Gasteiger partial charge in [-0.3, -0.25) is 0 Å². The molecule has 1 aromatic rings. The Kier molecular flexibility index (Phi) is 3.96. The smallest absolute Gasteiger partial charge is 0.122 e. The summed E-state index contributed by atoms with van der Waals surface area (Å²) < 4.78 is 5.50. The third kappa shape index (κ3) is 2.48. The first-order valence-corrected chi connectivity index (χ1v) is 5.06. The van der Waals surface area contributed by atoms with Crippen LogP contribution < -0.4 is 4.74 Å². The van der Waals surface area contributed by atoms with Gasteiger partial charge in [-0.05, 0) is 25.5 Å². The summed E-state index contributed by atoms with van der Waals surface area (Å²) in [7, 11) is 0. The summed E-state index contributed by atoms with van der Waals surface area (Å²) in [6.45, 7) is 6.42. The van der Waals surface area contributed by atoms with Crippen molar-refractivity contribution in [3.05, 3.63) is 29.8 Å². The van der Waals surface area contributed by atoms with E-state index in [9.17, 15) is 5.11 Å². The summed E-state index contributed by atoms with van der Waals surface area (Å²) in [5, 5.41) is 9.51. The standard InChI is InChI=1S/C12H18O2/c1-4-14-12-8-6-5-7-11(12)9(2)10(3)13/h5-10,13H,4H2,1-3H3. The number of ether oxygens (including phenoxy) is 1. The number of hydrogen-bond donors (Lipinski definition) is 1. The Morgan fingerprint density at radius 2 is 1.93 bits per heavy atom. The molecule has 0 saturated carbocycles. The van der Waals surface area contributed by atoms with Gasteiger partial charge in [0.1, 0.15) is 5.75 Å². The molecule has 0 amide bonds. The fraction of sp³-hybridized carbons (Fsp3) is 0.500. The van der Waals surface area contributed by atoms with Gasteiger partial charge in [-0.1, -0.05) is 25.1 Å². The first kappa shape index (κ1) is 11.1. The number of para-hydroxylation sites is 1. The molecule has 2 unspecified atom stereocenters. The van der Waals surface area contributed by atoms with Crippen LogP contribution in [0.5, 0.6) is 5.75 Å². The Morgan fingerprint density at radius 1 is 1.29 bits per heavy atom. The fourth-order valence-electron chi connectivity index (χ4n) is 1.40. The van der Waals surface area contributed by atoms with Gasteiger partial charge in [0.25, 0.3) is 0 Å². The third-order valence-electron chi connectivity index (χ3n) is 2.43. The molecular weight excluding hydrogens is 176 g/mol. The lowest BCUT2D eigenvalue weighted by Gasteiger charge is -2.18. The highest BCUT2D eigenvalue weighted by Gasteiger charge is 2.15. The zero-order valence-corrected chi connectivity index (χ0v) is 9.03. The van der Waals surface area contributed by atoms with Gasteiger partial charge in [0, 0.05) is 5.92 Å². The van der Waals surface area contributed by atoms with E-state index in [0.717, 1.165) is 11.3 Å². The van der Waals surface area contributed by atoms with Crippen molar-refractivity contribution in [2.24, 2.45) is 0 Å². The number of hydrogen-bond acceptors (Lipinski definition) is 2. The maximum absolute atomic E-state index is 9.51. The minimum atomic E-state index is -0.350. The quantitative estimate of drug-likeness (QED) is 0.798. The third-order valence-corrected chi connectivity index (χ3v) is 2.43. The van der Waals surface area contributed by atoms with Crippen molar-refractivity contribution in [3.8, 4) is 5.75 Å². The average Bonchev–Trinajstić information content (AvgIpc) is 2.18. The minimum Gasteiger partial charge on any atom is -0.494 e. The second-order valence-electron chi connectivity index (χ2n) is 3.50. The molecule has 0 heterocycles. The van der Waals surface area contributed by atoms with Crippen LogP contribution in [0.1, 0.15) is 32.3 Å². The minimum absolute atomic E-state index is 0.109. The van der Waals surface area contributed by atoms with E-state index >= 15 is 0 Å². The fourth-order valence-corrected chi connectivity index (χ4v) is 1.40. The van der Waals surface area contributed by atoms with Crippen LogP contribution >= 0.6 is 0 Å². The van der Waals surface area contributed by atoms with Gasteiger partial charge in [0.15, 0.2) is 0 Å². The van der Waals surface area contributed by atoms with E-state index in [-0.39, 0.29) is 12.0 Å². The van der Waals surface area contributed by atoms with Gasteiger partial charge in [0.2, 0.25) is 0 Å². The van der Waals surface area contributed by atoms with Crippen molar-refractivity contribution in [3.63, 3.8) is 0 Å². The maximum Gasteiger partial charge on any atom is 0.122 e. The van der Waals surface area contributed by atoms with Crippen molar-refractivity contribution in [2.45, 2.75) is 32.8 Å². The monoisotopic (exact) mass is 194 g/mol. The van der Waals surface area contributed by atoms with Crippen LogP contribution in [-0.4, -0.2) is 17.8 Å². The molecule has 2 heteroatoms. The topological polar surface area (TPSA) is 29.5 Å². The summed E-state index contributed by atoms with van der Waals surface area (Å²) >= 11 is 0. The molecule has 1 aromatic carbocycles. The highest BCUT2D eigenvalue weighted by molar-refractivity contribution is 5.36. The van der Waals surface area contributed by atoms with Gasteiger partial charge >= 0.3 is 0 Å². The molecule has 14 heavy (non-hydrogen) atoms. The van der Waals surface area contributed by atoms with E-state index in [2.05, 4.69) is 0 Å². The largest absolute Gasteiger partial charge is 0.494 e. The van der Waals surface area contributed by atoms with Crippen LogP contribution in [0.3, 0.4) is 0 Å². The number of benzene rings is 1. The molecule has 0 fully saturated rings. The second kappa shape index (κ2) is 5.01. The van der Waals surface area contributed by atoms with Gasteiger partial charge in [-0.2, -0.15) is 0 Å². The van der Waals surface area contributed by atoms with Crippen LogP contribution in [0.25, 0.3) is 0 Å². The van der Waals surface area contributed by atoms with Crippen molar-refractivity contribution >= 4 is 0 Å². The lowest BCUT2D eigenvalue weighted by Crippen LogP contribution is -2.12. The first-order valence-electron chi connectivity index (χ1n) is 5.06. The molecule has 0 saturated heterocycles. The Hall–Kier alpha value is -1.02. The van der Waals surface area contributed by atoms with Crippen LogP contribution in [0.4, 0.5) is 0 Å². The summed E-state index contributed by atoms with van der Waals surface area (Å²) in [5.74, 6) is 0.987. The van der Waals surface area contributed by atoms with Crippen LogP contribution in [-0.2, 0) is 0 Å². The van der Waals surface area contributed by atoms with E-state index in [4.69, 9.17) is 4.74 Å². The lowest BCUT2D eigenvalue weighted by atomic mass is 9.95. The Balaban J connectivity index is 2.94. The maximum atomic E-state index is 9.51. The number of aliphatic hydroxyl groups excluding tert-OH is 1. The zero-order valence-electron chi connectivity index (χ0n) is 9.03. The summed E-state index contributed by atoms with van der Waals surface area (Å²) in [5.41, 5.74) is 1.07. The molecule has 2 atom stereocenters. The Labute approximate surface area is 85.5 Å². The first-order chi connectivity index (χ1) is 6.66. The predicted octanol–water partition coefficient (Wildman–Crippen LogP) is 2.57. The summed E-state index contributed by atoms with van der Waals surface area (Å²) in [6, 6.07) is 7.86. The molecule has 0 bridgehead atoms. The Bertz CT molecular complexity index is 281. The van der Waals surface area contributed by atoms with Gasteiger partial charge in [-0.15, -0.1) is 0 Å². The van der Waals surface area contributed by atoms with E-state index in [0.29, 0.717) is 6.61 Å².